The molecule has 0 spiro atoms. The lowest BCUT2D eigenvalue weighted by atomic mass is 9.95. The highest BCUT2D eigenvalue weighted by atomic mass is 16.1. The Labute approximate surface area is 135 Å². The summed E-state index contributed by atoms with van der Waals surface area (Å²) in [6, 6.07) is 6.51. The van der Waals surface area contributed by atoms with E-state index in [1.807, 2.05) is 23.9 Å². The molecular weight excluding hydrogens is 288 g/mol. The number of amides is 1. The van der Waals surface area contributed by atoms with Gasteiger partial charge in [-0.3, -0.25) is 9.48 Å². The molecule has 0 bridgehead atoms. The van der Waals surface area contributed by atoms with Gasteiger partial charge in [-0.1, -0.05) is 19.3 Å². The standard InChI is InChI=1S/C18H22N4O/c1-19-18(23)12-8-9-15-14(10-12)17-16(11-21(2)20-17)22(15)13-6-4-3-5-7-13/h8-11,13H,3-7H2,1-2H3,(H,19,23). The van der Waals surface area contributed by atoms with Gasteiger partial charge in [0, 0.05) is 37.3 Å². The second-order valence-electron chi connectivity index (χ2n) is 6.51. The van der Waals surface area contributed by atoms with E-state index in [1.165, 1.54) is 43.1 Å². The van der Waals surface area contributed by atoms with Gasteiger partial charge in [0.1, 0.15) is 5.52 Å². The van der Waals surface area contributed by atoms with Gasteiger partial charge in [0.2, 0.25) is 0 Å². The number of fused-ring (bicyclic) bond motifs is 3. The molecule has 1 N–H and O–H groups in total. The molecule has 5 heteroatoms. The molecule has 0 radical (unpaired) electrons. The maximum Gasteiger partial charge on any atom is 0.251 e. The Morgan fingerprint density at radius 1 is 1.22 bits per heavy atom. The number of carbonyl (C=O) groups excluding carboxylic acids is 1. The molecule has 4 rings (SSSR count). The summed E-state index contributed by atoms with van der Waals surface area (Å²) in [5.41, 5.74) is 4.07. The zero-order valence-electron chi connectivity index (χ0n) is 13.7. The van der Waals surface area contributed by atoms with Gasteiger partial charge in [-0.25, -0.2) is 0 Å². The van der Waals surface area contributed by atoms with Gasteiger partial charge in [0.25, 0.3) is 5.91 Å². The van der Waals surface area contributed by atoms with Gasteiger partial charge in [-0.2, -0.15) is 5.10 Å². The lowest BCUT2D eigenvalue weighted by molar-refractivity contribution is 0.0963. The van der Waals surface area contributed by atoms with Crippen LogP contribution in [0.25, 0.3) is 21.9 Å². The number of rotatable bonds is 2. The topological polar surface area (TPSA) is 51.9 Å². The molecule has 120 valence electrons. The minimum absolute atomic E-state index is 0.0543. The van der Waals surface area contributed by atoms with Gasteiger partial charge < -0.3 is 9.88 Å². The summed E-state index contributed by atoms with van der Waals surface area (Å²) in [4.78, 5) is 12.0. The van der Waals surface area contributed by atoms with Gasteiger partial charge >= 0.3 is 0 Å². The first-order valence-corrected chi connectivity index (χ1v) is 8.38. The molecule has 0 saturated heterocycles. The van der Waals surface area contributed by atoms with Crippen LogP contribution < -0.4 is 5.32 Å². The molecular formula is C18H22N4O. The minimum atomic E-state index is -0.0543. The highest BCUT2D eigenvalue weighted by molar-refractivity contribution is 6.09. The Bertz CT molecular complexity index is 883. The highest BCUT2D eigenvalue weighted by Crippen LogP contribution is 2.37. The van der Waals surface area contributed by atoms with Crippen LogP contribution in [0.3, 0.4) is 0 Å². The van der Waals surface area contributed by atoms with Gasteiger partial charge in [0.05, 0.1) is 11.0 Å². The van der Waals surface area contributed by atoms with Gasteiger partial charge in [0.15, 0.2) is 0 Å². The van der Waals surface area contributed by atoms with Crippen molar-refractivity contribution < 1.29 is 4.79 Å². The van der Waals surface area contributed by atoms with Crippen molar-refractivity contribution in [1.82, 2.24) is 19.7 Å². The number of nitrogens with zero attached hydrogens (tertiary/aromatic N) is 3. The average molecular weight is 310 g/mol. The van der Waals surface area contributed by atoms with Crippen LogP contribution in [0.1, 0.15) is 48.5 Å². The molecule has 1 fully saturated rings. The molecule has 3 aromatic rings. The first kappa shape index (κ1) is 14.3. The van der Waals surface area contributed by atoms with E-state index in [2.05, 4.69) is 27.2 Å². The molecule has 23 heavy (non-hydrogen) atoms. The Kier molecular flexibility index (Phi) is 3.36. The van der Waals surface area contributed by atoms with E-state index in [-0.39, 0.29) is 5.91 Å². The SMILES string of the molecule is CNC(=O)c1ccc2c(c1)c1nn(C)cc1n2C1CCCCC1. The summed E-state index contributed by atoms with van der Waals surface area (Å²) in [7, 11) is 3.62. The van der Waals surface area contributed by atoms with Crippen LogP contribution in [0.15, 0.2) is 24.4 Å². The predicted molar refractivity (Wildman–Crippen MR) is 91.7 cm³/mol. The maximum atomic E-state index is 12.0. The highest BCUT2D eigenvalue weighted by Gasteiger charge is 2.22. The largest absolute Gasteiger partial charge is 0.355 e. The summed E-state index contributed by atoms with van der Waals surface area (Å²) < 4.78 is 4.32. The molecule has 1 aliphatic carbocycles. The Balaban J connectivity index is 1.97. The van der Waals surface area contributed by atoms with Crippen LogP contribution in [0, 0.1) is 0 Å². The summed E-state index contributed by atoms with van der Waals surface area (Å²) >= 11 is 0. The lowest BCUT2D eigenvalue weighted by Gasteiger charge is -2.24. The van der Waals surface area contributed by atoms with Crippen molar-refractivity contribution in [3.05, 3.63) is 30.0 Å². The number of nitrogens with one attached hydrogen (secondary N) is 1. The third-order valence-corrected chi connectivity index (χ3v) is 5.01. The second kappa shape index (κ2) is 5.41. The Morgan fingerprint density at radius 3 is 2.74 bits per heavy atom. The van der Waals surface area contributed by atoms with Crippen molar-refractivity contribution in [2.45, 2.75) is 38.1 Å². The molecule has 5 nitrogen and oxygen atoms in total. The van der Waals surface area contributed by atoms with Crippen LogP contribution in [-0.2, 0) is 7.05 Å². The van der Waals surface area contributed by atoms with E-state index in [4.69, 9.17) is 0 Å². The van der Waals surface area contributed by atoms with Crippen LogP contribution >= 0.6 is 0 Å². The number of hydrogen-bond acceptors (Lipinski definition) is 2. The van der Waals surface area contributed by atoms with Crippen molar-refractivity contribution >= 4 is 27.8 Å². The van der Waals surface area contributed by atoms with Gasteiger partial charge in [-0.15, -0.1) is 0 Å². The van der Waals surface area contributed by atoms with E-state index >= 15 is 0 Å². The smallest absolute Gasteiger partial charge is 0.251 e. The molecule has 2 heterocycles. The Morgan fingerprint density at radius 2 is 2.00 bits per heavy atom. The van der Waals surface area contributed by atoms with Crippen molar-refractivity contribution in [2.24, 2.45) is 7.05 Å². The fraction of sp³-hybridized carbons (Fsp3) is 0.444. The van der Waals surface area contributed by atoms with E-state index in [0.29, 0.717) is 11.6 Å². The summed E-state index contributed by atoms with van der Waals surface area (Å²) in [5, 5.41) is 8.42. The van der Waals surface area contributed by atoms with Crippen molar-refractivity contribution in [3.8, 4) is 0 Å². The number of aromatic nitrogens is 3. The molecule has 0 atom stereocenters. The minimum Gasteiger partial charge on any atom is -0.355 e. The van der Waals surface area contributed by atoms with Crippen LogP contribution in [0.5, 0.6) is 0 Å². The number of hydrogen-bond donors (Lipinski definition) is 1. The Hall–Kier alpha value is -2.30. The molecule has 1 aromatic carbocycles. The van der Waals surface area contributed by atoms with Crippen LogP contribution in [0.2, 0.25) is 0 Å². The molecule has 0 unspecified atom stereocenters. The van der Waals surface area contributed by atoms with E-state index in [9.17, 15) is 4.79 Å². The van der Waals surface area contributed by atoms with Crippen molar-refractivity contribution in [2.75, 3.05) is 7.05 Å². The normalized spacial score (nSPS) is 16.3. The monoisotopic (exact) mass is 310 g/mol. The lowest BCUT2D eigenvalue weighted by Crippen LogP contribution is -2.17. The predicted octanol–water partition coefficient (Wildman–Crippen LogP) is 3.39. The van der Waals surface area contributed by atoms with E-state index in [0.717, 1.165) is 10.9 Å². The fourth-order valence-corrected chi connectivity index (χ4v) is 3.93. The van der Waals surface area contributed by atoms with Crippen LogP contribution in [0.4, 0.5) is 0 Å². The molecule has 0 aliphatic heterocycles. The number of aryl methyl sites for hydroxylation is 1. The quantitative estimate of drug-likeness (QED) is 0.789. The third-order valence-electron chi connectivity index (χ3n) is 5.01. The molecule has 1 aliphatic rings. The van der Waals surface area contributed by atoms with Gasteiger partial charge in [-0.05, 0) is 31.0 Å². The maximum absolute atomic E-state index is 12.0. The zero-order chi connectivity index (χ0) is 16.0. The van der Waals surface area contributed by atoms with E-state index in [1.54, 1.807) is 7.05 Å². The zero-order valence-corrected chi connectivity index (χ0v) is 13.7. The van der Waals surface area contributed by atoms with Crippen molar-refractivity contribution in [3.63, 3.8) is 0 Å². The summed E-state index contributed by atoms with van der Waals surface area (Å²) in [6.07, 6.45) is 8.48. The second-order valence-corrected chi connectivity index (χ2v) is 6.51. The first-order chi connectivity index (χ1) is 11.2. The summed E-state index contributed by atoms with van der Waals surface area (Å²) in [6.45, 7) is 0. The molecule has 1 saturated carbocycles. The van der Waals surface area contributed by atoms with Crippen molar-refractivity contribution in [1.29, 1.82) is 0 Å². The molecule has 1 amide bonds. The fourth-order valence-electron chi connectivity index (χ4n) is 3.93. The molecule has 2 aromatic heterocycles. The van der Waals surface area contributed by atoms with Crippen LogP contribution in [-0.4, -0.2) is 27.3 Å². The first-order valence-electron chi connectivity index (χ1n) is 8.38. The number of carbonyl (C=O) groups is 1. The number of benzene rings is 1. The third kappa shape index (κ3) is 2.22. The average Bonchev–Trinajstić information content (AvgIpc) is 3.09. The summed E-state index contributed by atoms with van der Waals surface area (Å²) in [5.74, 6) is -0.0543. The van der Waals surface area contributed by atoms with E-state index < -0.39 is 0 Å².